The van der Waals surface area contributed by atoms with Crippen LogP contribution < -0.4 is 5.32 Å². The molecule has 0 atom stereocenters. The normalized spacial score (nSPS) is 10.4. The molecule has 2 aromatic rings. The van der Waals surface area contributed by atoms with Crippen molar-refractivity contribution in [3.8, 4) is 0 Å². The molecule has 1 aromatic carbocycles. The van der Waals surface area contributed by atoms with Gasteiger partial charge in [-0.25, -0.2) is 14.2 Å². The average Bonchev–Trinajstić information content (AvgIpc) is 2.86. The second-order valence-corrected chi connectivity index (χ2v) is 5.95. The van der Waals surface area contributed by atoms with Crippen LogP contribution in [0.1, 0.15) is 25.9 Å². The number of carboxylic acid groups (broad SMARTS) is 1. The number of carbonyl (C=O) groups is 2. The van der Waals surface area contributed by atoms with Crippen LogP contribution in [-0.4, -0.2) is 28.5 Å². The van der Waals surface area contributed by atoms with E-state index in [-0.39, 0.29) is 11.3 Å². The van der Waals surface area contributed by atoms with Gasteiger partial charge < -0.3 is 10.4 Å². The topological polar surface area (TPSA) is 79.3 Å². The molecule has 2 N–H and O–H groups in total. The molecule has 1 amide bonds. The van der Waals surface area contributed by atoms with E-state index in [1.165, 1.54) is 28.8 Å². The van der Waals surface area contributed by atoms with E-state index >= 15 is 0 Å². The highest BCUT2D eigenvalue weighted by atomic mass is 79.9. The molecule has 0 bridgehead atoms. The lowest BCUT2D eigenvalue weighted by Gasteiger charge is -2.04. The molecule has 5 nitrogen and oxygen atoms in total. The van der Waals surface area contributed by atoms with Crippen LogP contribution in [0, 0.1) is 5.82 Å². The molecular weight excluding hydrogens is 363 g/mol. The number of nitrogens with zero attached hydrogens (tertiary/aromatic N) is 1. The Labute approximate surface area is 132 Å². The summed E-state index contributed by atoms with van der Waals surface area (Å²) in [6.45, 7) is 0.291. The molecule has 21 heavy (non-hydrogen) atoms. The Morgan fingerprint density at radius 3 is 2.76 bits per heavy atom. The molecule has 0 saturated heterocycles. The van der Waals surface area contributed by atoms with Crippen molar-refractivity contribution in [2.24, 2.45) is 0 Å². The minimum absolute atomic E-state index is 0.00427. The Morgan fingerprint density at radius 2 is 2.14 bits per heavy atom. The van der Waals surface area contributed by atoms with Gasteiger partial charge >= 0.3 is 5.97 Å². The van der Waals surface area contributed by atoms with Gasteiger partial charge in [-0.15, -0.1) is 11.3 Å². The Kier molecular flexibility index (Phi) is 5.03. The summed E-state index contributed by atoms with van der Waals surface area (Å²) in [6, 6.07) is 3.93. The Bertz CT molecular complexity index is 670. The molecule has 1 heterocycles. The second-order valence-electron chi connectivity index (χ2n) is 4.10. The summed E-state index contributed by atoms with van der Waals surface area (Å²) in [4.78, 5) is 26.4. The van der Waals surface area contributed by atoms with Crippen molar-refractivity contribution in [1.82, 2.24) is 10.3 Å². The first-order valence-electron chi connectivity index (χ1n) is 5.87. The van der Waals surface area contributed by atoms with Crippen LogP contribution in [0.5, 0.6) is 0 Å². The van der Waals surface area contributed by atoms with Gasteiger partial charge in [0.15, 0.2) is 5.69 Å². The van der Waals surface area contributed by atoms with E-state index in [0.29, 0.717) is 22.4 Å². The molecule has 0 spiro atoms. The Morgan fingerprint density at radius 1 is 1.38 bits per heavy atom. The standard InChI is InChI=1S/C13H10BrFN2O3S/c14-8-3-7(4-9(15)5-8)12(18)16-2-1-11-17-10(6-21-11)13(19)20/h3-6H,1-2H2,(H,16,18)(H,19,20). The molecule has 0 aliphatic rings. The average molecular weight is 373 g/mol. The predicted octanol–water partition coefficient (Wildman–Crippen LogP) is 2.72. The first-order valence-corrected chi connectivity index (χ1v) is 7.55. The van der Waals surface area contributed by atoms with Crippen LogP contribution in [0.4, 0.5) is 4.39 Å². The van der Waals surface area contributed by atoms with Crippen LogP contribution >= 0.6 is 27.3 Å². The SMILES string of the molecule is O=C(NCCc1nc(C(=O)O)cs1)c1cc(F)cc(Br)c1. The van der Waals surface area contributed by atoms with Gasteiger partial charge in [0.25, 0.3) is 5.91 Å². The van der Waals surface area contributed by atoms with Crippen LogP contribution in [0.15, 0.2) is 28.1 Å². The van der Waals surface area contributed by atoms with Gasteiger partial charge in [0, 0.05) is 28.4 Å². The maximum absolute atomic E-state index is 13.2. The van der Waals surface area contributed by atoms with Gasteiger partial charge in [0.2, 0.25) is 0 Å². The summed E-state index contributed by atoms with van der Waals surface area (Å²) in [6.07, 6.45) is 0.417. The van der Waals surface area contributed by atoms with Crippen molar-refractivity contribution in [2.45, 2.75) is 6.42 Å². The van der Waals surface area contributed by atoms with E-state index in [1.54, 1.807) is 0 Å². The van der Waals surface area contributed by atoms with E-state index in [9.17, 15) is 14.0 Å². The summed E-state index contributed by atoms with van der Waals surface area (Å²) in [5.74, 6) is -1.98. The minimum Gasteiger partial charge on any atom is -0.476 e. The fraction of sp³-hybridized carbons (Fsp3) is 0.154. The zero-order valence-corrected chi connectivity index (χ0v) is 13.0. The molecule has 0 radical (unpaired) electrons. The number of benzene rings is 1. The first-order chi connectivity index (χ1) is 9.95. The van der Waals surface area contributed by atoms with Crippen LogP contribution in [0.2, 0.25) is 0 Å². The number of hydrogen-bond acceptors (Lipinski definition) is 4. The summed E-state index contributed by atoms with van der Waals surface area (Å²) >= 11 is 4.34. The summed E-state index contributed by atoms with van der Waals surface area (Å²) in [5, 5.41) is 13.4. The number of hydrogen-bond donors (Lipinski definition) is 2. The highest BCUT2D eigenvalue weighted by molar-refractivity contribution is 9.10. The molecule has 2 rings (SSSR count). The second kappa shape index (κ2) is 6.77. The van der Waals surface area contributed by atoms with Crippen molar-refractivity contribution >= 4 is 39.1 Å². The zero-order chi connectivity index (χ0) is 15.4. The molecule has 0 aliphatic heterocycles. The minimum atomic E-state index is -1.08. The van der Waals surface area contributed by atoms with Gasteiger partial charge in [-0.2, -0.15) is 0 Å². The van der Waals surface area contributed by atoms with Crippen LogP contribution in [0.25, 0.3) is 0 Å². The quantitative estimate of drug-likeness (QED) is 0.845. The van der Waals surface area contributed by atoms with Crippen molar-refractivity contribution in [2.75, 3.05) is 6.54 Å². The van der Waals surface area contributed by atoms with Crippen molar-refractivity contribution < 1.29 is 19.1 Å². The van der Waals surface area contributed by atoms with Gasteiger partial charge in [-0.3, -0.25) is 4.79 Å². The molecule has 110 valence electrons. The third-order valence-corrected chi connectivity index (χ3v) is 3.89. The summed E-state index contributed by atoms with van der Waals surface area (Å²) in [5.41, 5.74) is 0.211. The van der Waals surface area contributed by atoms with Crippen molar-refractivity contribution in [3.63, 3.8) is 0 Å². The largest absolute Gasteiger partial charge is 0.476 e. The maximum Gasteiger partial charge on any atom is 0.355 e. The first kappa shape index (κ1) is 15.6. The smallest absolute Gasteiger partial charge is 0.355 e. The van der Waals surface area contributed by atoms with Gasteiger partial charge in [0.1, 0.15) is 5.82 Å². The Balaban J connectivity index is 1.90. The van der Waals surface area contributed by atoms with E-state index < -0.39 is 17.7 Å². The highest BCUT2D eigenvalue weighted by Gasteiger charge is 2.10. The lowest BCUT2D eigenvalue weighted by molar-refractivity contribution is 0.0690. The summed E-state index contributed by atoms with van der Waals surface area (Å²) < 4.78 is 13.7. The number of aromatic carboxylic acids is 1. The van der Waals surface area contributed by atoms with E-state index in [0.717, 1.165) is 6.07 Å². The molecule has 8 heteroatoms. The zero-order valence-electron chi connectivity index (χ0n) is 10.6. The van der Waals surface area contributed by atoms with E-state index in [2.05, 4.69) is 26.2 Å². The number of amides is 1. The van der Waals surface area contributed by atoms with Crippen LogP contribution in [-0.2, 0) is 6.42 Å². The fourth-order valence-corrected chi connectivity index (χ4v) is 2.83. The number of nitrogens with one attached hydrogen (secondary N) is 1. The molecule has 1 aromatic heterocycles. The number of halogens is 2. The van der Waals surface area contributed by atoms with Gasteiger partial charge in [0.05, 0.1) is 5.01 Å². The van der Waals surface area contributed by atoms with Crippen LogP contribution in [0.3, 0.4) is 0 Å². The number of aromatic nitrogens is 1. The molecule has 0 saturated carbocycles. The van der Waals surface area contributed by atoms with E-state index in [1.807, 2.05) is 0 Å². The Hall–Kier alpha value is -1.80. The van der Waals surface area contributed by atoms with Crippen molar-refractivity contribution in [3.05, 3.63) is 50.1 Å². The molecular formula is C13H10BrFN2O3S. The lowest BCUT2D eigenvalue weighted by Crippen LogP contribution is -2.25. The third kappa shape index (κ3) is 4.33. The molecule has 0 aliphatic carbocycles. The summed E-state index contributed by atoms with van der Waals surface area (Å²) in [7, 11) is 0. The number of carboxylic acids is 1. The fourth-order valence-electron chi connectivity index (χ4n) is 1.59. The predicted molar refractivity (Wildman–Crippen MR) is 79.2 cm³/mol. The third-order valence-electron chi connectivity index (χ3n) is 2.52. The number of thiazole rings is 1. The number of rotatable bonds is 5. The van der Waals surface area contributed by atoms with Gasteiger partial charge in [-0.05, 0) is 18.2 Å². The number of carbonyl (C=O) groups excluding carboxylic acids is 1. The lowest BCUT2D eigenvalue weighted by atomic mass is 10.2. The molecule has 0 fully saturated rings. The van der Waals surface area contributed by atoms with Gasteiger partial charge in [-0.1, -0.05) is 15.9 Å². The highest BCUT2D eigenvalue weighted by Crippen LogP contribution is 2.15. The maximum atomic E-state index is 13.2. The monoisotopic (exact) mass is 372 g/mol. The van der Waals surface area contributed by atoms with Crippen molar-refractivity contribution in [1.29, 1.82) is 0 Å². The molecule has 0 unspecified atom stereocenters. The van der Waals surface area contributed by atoms with E-state index in [4.69, 9.17) is 5.11 Å².